The third-order valence-corrected chi connectivity index (χ3v) is 3.64. The number of aryl methyl sites for hydroxylation is 1. The SMILES string of the molecule is Cc1cc(O)ccc1C1=NCC(C)(C)S1. The van der Waals surface area contributed by atoms with Crippen molar-refractivity contribution in [1.29, 1.82) is 0 Å². The molecule has 0 unspecified atom stereocenters. The molecule has 0 saturated heterocycles. The molecular weight excluding hydrogens is 206 g/mol. The van der Waals surface area contributed by atoms with Crippen LogP contribution in [-0.2, 0) is 0 Å². The van der Waals surface area contributed by atoms with Gasteiger partial charge in [0.25, 0.3) is 0 Å². The van der Waals surface area contributed by atoms with Crippen molar-refractivity contribution in [1.82, 2.24) is 0 Å². The molecule has 0 fully saturated rings. The van der Waals surface area contributed by atoms with Gasteiger partial charge in [-0.1, -0.05) is 11.8 Å². The number of benzene rings is 1. The Balaban J connectivity index is 2.32. The van der Waals surface area contributed by atoms with Gasteiger partial charge in [0.15, 0.2) is 0 Å². The minimum atomic E-state index is 0.208. The average molecular weight is 221 g/mol. The van der Waals surface area contributed by atoms with E-state index < -0.39 is 0 Å². The van der Waals surface area contributed by atoms with Crippen molar-refractivity contribution in [2.24, 2.45) is 4.99 Å². The third-order valence-electron chi connectivity index (χ3n) is 2.42. The molecular formula is C12H15NOS. The summed E-state index contributed by atoms with van der Waals surface area (Å²) >= 11 is 1.81. The van der Waals surface area contributed by atoms with Crippen LogP contribution in [0.2, 0.25) is 0 Å². The molecule has 0 spiro atoms. The summed E-state index contributed by atoms with van der Waals surface area (Å²) in [6, 6.07) is 5.44. The molecule has 1 aromatic rings. The van der Waals surface area contributed by atoms with Crippen LogP contribution in [0.15, 0.2) is 23.2 Å². The first kappa shape index (κ1) is 10.6. The van der Waals surface area contributed by atoms with Crippen LogP contribution in [0, 0.1) is 6.92 Å². The fraction of sp³-hybridized carbons (Fsp3) is 0.417. The predicted octanol–water partition coefficient (Wildman–Crippen LogP) is 2.97. The molecule has 2 rings (SSSR count). The Kier molecular flexibility index (Phi) is 2.51. The van der Waals surface area contributed by atoms with Crippen LogP contribution in [-0.4, -0.2) is 21.4 Å². The molecule has 1 aromatic carbocycles. The molecule has 0 bridgehead atoms. The number of hydrogen-bond acceptors (Lipinski definition) is 3. The summed E-state index contributed by atoms with van der Waals surface area (Å²) in [5.74, 6) is 0.319. The lowest BCUT2D eigenvalue weighted by atomic mass is 10.1. The Morgan fingerprint density at radius 3 is 2.67 bits per heavy atom. The number of phenols is 1. The van der Waals surface area contributed by atoms with E-state index in [1.807, 2.05) is 24.8 Å². The van der Waals surface area contributed by atoms with Crippen LogP contribution in [0.3, 0.4) is 0 Å². The molecule has 0 aliphatic carbocycles. The van der Waals surface area contributed by atoms with Crippen LogP contribution in [0.25, 0.3) is 0 Å². The number of thioether (sulfide) groups is 1. The highest BCUT2D eigenvalue weighted by Crippen LogP contribution is 2.35. The zero-order chi connectivity index (χ0) is 11.1. The quantitative estimate of drug-likeness (QED) is 0.790. The van der Waals surface area contributed by atoms with E-state index in [1.54, 1.807) is 12.1 Å². The fourth-order valence-electron chi connectivity index (χ4n) is 1.62. The summed E-state index contributed by atoms with van der Waals surface area (Å²) in [6.07, 6.45) is 0. The van der Waals surface area contributed by atoms with Crippen LogP contribution >= 0.6 is 11.8 Å². The van der Waals surface area contributed by atoms with E-state index in [-0.39, 0.29) is 4.75 Å². The molecule has 0 atom stereocenters. The lowest BCUT2D eigenvalue weighted by Gasteiger charge is -2.14. The molecule has 0 saturated carbocycles. The molecule has 0 aromatic heterocycles. The van der Waals surface area contributed by atoms with Crippen molar-refractivity contribution in [3.05, 3.63) is 29.3 Å². The van der Waals surface area contributed by atoms with Gasteiger partial charge >= 0.3 is 0 Å². The number of aliphatic imine (C=N–C) groups is 1. The summed E-state index contributed by atoms with van der Waals surface area (Å²) in [7, 11) is 0. The number of aromatic hydroxyl groups is 1. The Hall–Kier alpha value is -0.960. The van der Waals surface area contributed by atoms with Gasteiger partial charge in [-0.05, 0) is 44.5 Å². The second-order valence-electron chi connectivity index (χ2n) is 4.48. The second kappa shape index (κ2) is 3.56. The number of phenolic OH excluding ortho intramolecular Hbond substituents is 1. The van der Waals surface area contributed by atoms with Gasteiger partial charge in [-0.25, -0.2) is 0 Å². The van der Waals surface area contributed by atoms with Gasteiger partial charge in [0, 0.05) is 10.3 Å². The van der Waals surface area contributed by atoms with E-state index in [9.17, 15) is 5.11 Å². The molecule has 15 heavy (non-hydrogen) atoms. The van der Waals surface area contributed by atoms with E-state index in [0.717, 1.165) is 22.7 Å². The first-order chi connectivity index (χ1) is 6.98. The minimum absolute atomic E-state index is 0.208. The van der Waals surface area contributed by atoms with Gasteiger partial charge in [-0.3, -0.25) is 4.99 Å². The van der Waals surface area contributed by atoms with Crippen molar-refractivity contribution in [2.75, 3.05) is 6.54 Å². The summed E-state index contributed by atoms with van der Waals surface area (Å²) in [4.78, 5) is 4.55. The van der Waals surface area contributed by atoms with E-state index >= 15 is 0 Å². The number of nitrogens with zero attached hydrogens (tertiary/aromatic N) is 1. The maximum Gasteiger partial charge on any atom is 0.115 e. The maximum absolute atomic E-state index is 9.34. The Morgan fingerprint density at radius 1 is 1.40 bits per heavy atom. The molecule has 3 heteroatoms. The van der Waals surface area contributed by atoms with Gasteiger partial charge < -0.3 is 5.11 Å². The molecule has 2 nitrogen and oxygen atoms in total. The van der Waals surface area contributed by atoms with Crippen molar-refractivity contribution < 1.29 is 5.11 Å². The summed E-state index contributed by atoms with van der Waals surface area (Å²) in [6.45, 7) is 7.27. The van der Waals surface area contributed by atoms with Crippen molar-refractivity contribution in [2.45, 2.75) is 25.5 Å². The lowest BCUT2D eigenvalue weighted by molar-refractivity contribution is 0.475. The molecule has 1 N–H and O–H groups in total. The highest BCUT2D eigenvalue weighted by Gasteiger charge is 2.28. The highest BCUT2D eigenvalue weighted by atomic mass is 32.2. The van der Waals surface area contributed by atoms with E-state index in [4.69, 9.17) is 0 Å². The van der Waals surface area contributed by atoms with Crippen LogP contribution in [0.5, 0.6) is 5.75 Å². The average Bonchev–Trinajstić information content (AvgIpc) is 2.46. The number of rotatable bonds is 1. The van der Waals surface area contributed by atoms with Crippen molar-refractivity contribution in [3.63, 3.8) is 0 Å². The smallest absolute Gasteiger partial charge is 0.115 e. The topological polar surface area (TPSA) is 32.6 Å². The standard InChI is InChI=1S/C12H15NOS/c1-8-6-9(14)4-5-10(8)11-13-7-12(2,3)15-11/h4-6,14H,7H2,1-3H3. The molecule has 0 radical (unpaired) electrons. The minimum Gasteiger partial charge on any atom is -0.508 e. The zero-order valence-corrected chi connectivity index (χ0v) is 10.1. The van der Waals surface area contributed by atoms with Crippen LogP contribution in [0.4, 0.5) is 0 Å². The fourth-order valence-corrected chi connectivity index (χ4v) is 2.74. The van der Waals surface area contributed by atoms with E-state index in [2.05, 4.69) is 18.8 Å². The first-order valence-corrected chi connectivity index (χ1v) is 5.83. The Labute approximate surface area is 94.4 Å². The van der Waals surface area contributed by atoms with Gasteiger partial charge in [0.1, 0.15) is 5.75 Å². The molecule has 1 aliphatic heterocycles. The Morgan fingerprint density at radius 2 is 2.13 bits per heavy atom. The monoisotopic (exact) mass is 221 g/mol. The molecule has 0 amide bonds. The predicted molar refractivity (Wildman–Crippen MR) is 65.9 cm³/mol. The zero-order valence-electron chi connectivity index (χ0n) is 9.24. The van der Waals surface area contributed by atoms with Crippen molar-refractivity contribution >= 4 is 16.8 Å². The second-order valence-corrected chi connectivity index (χ2v) is 6.18. The van der Waals surface area contributed by atoms with Gasteiger partial charge in [0.05, 0.1) is 11.6 Å². The first-order valence-electron chi connectivity index (χ1n) is 5.01. The lowest BCUT2D eigenvalue weighted by Crippen LogP contribution is -2.14. The normalized spacial score (nSPS) is 19.0. The third kappa shape index (κ3) is 2.17. The summed E-state index contributed by atoms with van der Waals surface area (Å²) in [5.41, 5.74) is 2.22. The van der Waals surface area contributed by atoms with Crippen molar-refractivity contribution in [3.8, 4) is 5.75 Å². The molecule has 80 valence electrons. The number of hydrogen-bond donors (Lipinski definition) is 1. The van der Waals surface area contributed by atoms with Gasteiger partial charge in [0.2, 0.25) is 0 Å². The molecule has 1 heterocycles. The van der Waals surface area contributed by atoms with E-state index in [0.29, 0.717) is 5.75 Å². The van der Waals surface area contributed by atoms with Gasteiger partial charge in [-0.15, -0.1) is 0 Å². The van der Waals surface area contributed by atoms with Crippen LogP contribution < -0.4 is 0 Å². The maximum atomic E-state index is 9.34. The largest absolute Gasteiger partial charge is 0.508 e. The Bertz CT molecular complexity index is 424. The van der Waals surface area contributed by atoms with Gasteiger partial charge in [-0.2, -0.15) is 0 Å². The molecule has 1 aliphatic rings. The highest BCUT2D eigenvalue weighted by molar-refractivity contribution is 8.15. The summed E-state index contributed by atoms with van der Waals surface area (Å²) in [5, 5.41) is 10.4. The summed E-state index contributed by atoms with van der Waals surface area (Å²) < 4.78 is 0.208. The van der Waals surface area contributed by atoms with E-state index in [1.165, 1.54) is 0 Å². The van der Waals surface area contributed by atoms with Crippen LogP contribution in [0.1, 0.15) is 25.0 Å².